The normalized spacial score (nSPS) is 16.0. The summed E-state index contributed by atoms with van der Waals surface area (Å²) in [6, 6.07) is 5.18. The first-order valence-corrected chi connectivity index (χ1v) is 8.58. The Balaban J connectivity index is 3.07. The van der Waals surface area contributed by atoms with Crippen molar-refractivity contribution in [2.45, 2.75) is 52.1 Å². The summed E-state index contributed by atoms with van der Waals surface area (Å²) in [5, 5.41) is 3.45. The molecule has 0 bridgehead atoms. The van der Waals surface area contributed by atoms with Gasteiger partial charge in [0.25, 0.3) is 0 Å². The zero-order chi connectivity index (χ0) is 16.0. The van der Waals surface area contributed by atoms with E-state index in [9.17, 15) is 4.39 Å². The maximum Gasteiger partial charge on any atom is 0.123 e. The number of rotatable bonds is 8. The van der Waals surface area contributed by atoms with E-state index in [4.69, 9.17) is 0 Å². The van der Waals surface area contributed by atoms with E-state index >= 15 is 0 Å². The molecule has 1 N–H and O–H groups in total. The largest absolute Gasteiger partial charge is 0.315 e. The summed E-state index contributed by atoms with van der Waals surface area (Å²) in [6.07, 6.45) is 1.85. The lowest BCUT2D eigenvalue weighted by molar-refractivity contribution is 0.0729. The van der Waals surface area contributed by atoms with E-state index in [1.165, 1.54) is 6.07 Å². The van der Waals surface area contributed by atoms with Crippen molar-refractivity contribution in [3.8, 4) is 0 Å². The standard InChI is InChI=1S/C17H28BrFN2/c1-6-17(4,21(7-2)8-3)16(20-5)12-13-11-14(19)9-10-15(13)18/h9-11,16,20H,6-8,12H2,1-5H3. The van der Waals surface area contributed by atoms with Crippen molar-refractivity contribution in [2.75, 3.05) is 20.1 Å². The van der Waals surface area contributed by atoms with Crippen molar-refractivity contribution in [3.63, 3.8) is 0 Å². The minimum absolute atomic E-state index is 0.0456. The van der Waals surface area contributed by atoms with E-state index < -0.39 is 0 Å². The smallest absolute Gasteiger partial charge is 0.123 e. The second-order valence-corrected chi connectivity index (χ2v) is 6.52. The average molecular weight is 359 g/mol. The van der Waals surface area contributed by atoms with Crippen LogP contribution in [0, 0.1) is 5.82 Å². The predicted molar refractivity (Wildman–Crippen MR) is 92.3 cm³/mol. The Morgan fingerprint density at radius 3 is 2.38 bits per heavy atom. The molecule has 0 aromatic heterocycles. The fourth-order valence-corrected chi connectivity index (χ4v) is 3.60. The van der Waals surface area contributed by atoms with Crippen LogP contribution in [-0.2, 0) is 6.42 Å². The van der Waals surface area contributed by atoms with E-state index in [2.05, 4.69) is 53.8 Å². The number of halogens is 2. The van der Waals surface area contributed by atoms with Crippen LogP contribution in [0.2, 0.25) is 0 Å². The van der Waals surface area contributed by atoms with Crippen molar-refractivity contribution >= 4 is 15.9 Å². The molecule has 0 aliphatic carbocycles. The van der Waals surface area contributed by atoms with Crippen molar-refractivity contribution in [2.24, 2.45) is 0 Å². The number of benzene rings is 1. The Kier molecular flexibility index (Phi) is 7.31. The Morgan fingerprint density at radius 2 is 1.90 bits per heavy atom. The molecule has 2 atom stereocenters. The van der Waals surface area contributed by atoms with Crippen molar-refractivity contribution in [3.05, 3.63) is 34.1 Å². The van der Waals surface area contributed by atoms with Gasteiger partial charge in [-0.1, -0.05) is 36.7 Å². The average Bonchev–Trinajstić information content (AvgIpc) is 2.48. The topological polar surface area (TPSA) is 15.3 Å². The van der Waals surface area contributed by atoms with Crippen LogP contribution in [0.5, 0.6) is 0 Å². The molecule has 0 heterocycles. The molecule has 4 heteroatoms. The molecule has 0 spiro atoms. The van der Waals surface area contributed by atoms with Gasteiger partial charge in [0.1, 0.15) is 5.82 Å². The van der Waals surface area contributed by atoms with Crippen LogP contribution in [0.1, 0.15) is 39.7 Å². The lowest BCUT2D eigenvalue weighted by Gasteiger charge is -2.46. The van der Waals surface area contributed by atoms with Crippen molar-refractivity contribution < 1.29 is 4.39 Å². The van der Waals surface area contributed by atoms with Crippen molar-refractivity contribution in [1.29, 1.82) is 0 Å². The first-order chi connectivity index (χ1) is 9.92. The summed E-state index contributed by atoms with van der Waals surface area (Å²) < 4.78 is 14.5. The molecular weight excluding hydrogens is 331 g/mol. The highest BCUT2D eigenvalue weighted by atomic mass is 79.9. The van der Waals surface area contributed by atoms with Gasteiger partial charge >= 0.3 is 0 Å². The van der Waals surface area contributed by atoms with Gasteiger partial charge in [0.2, 0.25) is 0 Å². The first kappa shape index (κ1) is 18.6. The second-order valence-electron chi connectivity index (χ2n) is 5.66. The molecule has 0 saturated heterocycles. The highest BCUT2D eigenvalue weighted by Crippen LogP contribution is 2.28. The molecule has 21 heavy (non-hydrogen) atoms. The predicted octanol–water partition coefficient (Wildman–Crippen LogP) is 4.23. The molecular formula is C17H28BrFN2. The van der Waals surface area contributed by atoms with Crippen LogP contribution in [0.4, 0.5) is 4.39 Å². The SMILES string of the molecule is CCN(CC)C(C)(CC)C(Cc1cc(F)ccc1Br)NC. The lowest BCUT2D eigenvalue weighted by Crippen LogP contribution is -2.59. The van der Waals surface area contributed by atoms with Gasteiger partial charge in [0.15, 0.2) is 0 Å². The Morgan fingerprint density at radius 1 is 1.29 bits per heavy atom. The van der Waals surface area contributed by atoms with Gasteiger partial charge in [-0.2, -0.15) is 0 Å². The Hall–Kier alpha value is -0.450. The summed E-state index contributed by atoms with van der Waals surface area (Å²) >= 11 is 3.54. The second kappa shape index (κ2) is 8.25. The summed E-state index contributed by atoms with van der Waals surface area (Å²) in [4.78, 5) is 2.49. The highest BCUT2D eigenvalue weighted by molar-refractivity contribution is 9.10. The van der Waals surface area contributed by atoms with Crippen molar-refractivity contribution in [1.82, 2.24) is 10.2 Å². The number of likely N-dealkylation sites (N-methyl/N-ethyl adjacent to an activating group) is 2. The Bertz CT molecular complexity index is 448. The van der Waals surface area contributed by atoms with Crippen LogP contribution in [0.15, 0.2) is 22.7 Å². The molecule has 1 aromatic rings. The van der Waals surface area contributed by atoms with E-state index in [0.29, 0.717) is 0 Å². The summed E-state index contributed by atoms with van der Waals surface area (Å²) in [5.74, 6) is -0.177. The fraction of sp³-hybridized carbons (Fsp3) is 0.647. The third kappa shape index (κ3) is 4.27. The van der Waals surface area contributed by atoms with Crippen LogP contribution < -0.4 is 5.32 Å². The monoisotopic (exact) mass is 358 g/mol. The molecule has 1 rings (SSSR count). The quantitative estimate of drug-likeness (QED) is 0.747. The highest BCUT2D eigenvalue weighted by Gasteiger charge is 2.36. The van der Waals surface area contributed by atoms with Gasteiger partial charge in [-0.3, -0.25) is 4.90 Å². The number of hydrogen-bond donors (Lipinski definition) is 1. The molecule has 0 aliphatic heterocycles. The number of nitrogens with zero attached hydrogens (tertiary/aromatic N) is 1. The zero-order valence-electron chi connectivity index (χ0n) is 13.8. The molecule has 2 unspecified atom stereocenters. The van der Waals surface area contributed by atoms with E-state index in [0.717, 1.165) is 36.0 Å². The summed E-state index contributed by atoms with van der Waals surface area (Å²) in [7, 11) is 2.00. The third-order valence-electron chi connectivity index (χ3n) is 4.73. The number of nitrogens with one attached hydrogen (secondary N) is 1. The first-order valence-electron chi connectivity index (χ1n) is 7.79. The number of hydrogen-bond acceptors (Lipinski definition) is 2. The molecule has 1 aromatic carbocycles. The van der Waals surface area contributed by atoms with Crippen LogP contribution in [0.25, 0.3) is 0 Å². The molecule has 0 saturated carbocycles. The zero-order valence-corrected chi connectivity index (χ0v) is 15.4. The molecule has 0 fully saturated rings. The van der Waals surface area contributed by atoms with Gasteiger partial charge in [0, 0.05) is 16.1 Å². The fourth-order valence-electron chi connectivity index (χ4n) is 3.19. The molecule has 0 aliphatic rings. The van der Waals surface area contributed by atoms with Gasteiger partial charge < -0.3 is 5.32 Å². The molecule has 2 nitrogen and oxygen atoms in total. The van der Waals surface area contributed by atoms with Gasteiger partial charge in [-0.05, 0) is 63.7 Å². The maximum absolute atomic E-state index is 13.5. The Labute approximate surface area is 137 Å². The minimum Gasteiger partial charge on any atom is -0.315 e. The van der Waals surface area contributed by atoms with Crippen LogP contribution in [-0.4, -0.2) is 36.6 Å². The van der Waals surface area contributed by atoms with Crippen LogP contribution in [0.3, 0.4) is 0 Å². The van der Waals surface area contributed by atoms with Gasteiger partial charge in [0.05, 0.1) is 0 Å². The van der Waals surface area contributed by atoms with E-state index in [1.807, 2.05) is 7.05 Å². The van der Waals surface area contributed by atoms with E-state index in [-0.39, 0.29) is 17.4 Å². The molecule has 120 valence electrons. The van der Waals surface area contributed by atoms with Gasteiger partial charge in [-0.15, -0.1) is 0 Å². The minimum atomic E-state index is -0.177. The molecule has 0 amide bonds. The third-order valence-corrected chi connectivity index (χ3v) is 5.51. The summed E-state index contributed by atoms with van der Waals surface area (Å²) in [6.45, 7) is 11.0. The molecule has 0 radical (unpaired) electrons. The van der Waals surface area contributed by atoms with Gasteiger partial charge in [-0.25, -0.2) is 4.39 Å². The maximum atomic E-state index is 13.5. The lowest BCUT2D eigenvalue weighted by atomic mass is 9.83. The van der Waals surface area contributed by atoms with Crippen LogP contribution >= 0.6 is 15.9 Å². The summed E-state index contributed by atoms with van der Waals surface area (Å²) in [5.41, 5.74) is 1.06. The van der Waals surface area contributed by atoms with E-state index in [1.54, 1.807) is 12.1 Å².